The molecule has 4 N–H and O–H groups in total. The highest BCUT2D eigenvalue weighted by Gasteiger charge is 2.44. The average Bonchev–Trinajstić information content (AvgIpc) is 3.19. The van der Waals surface area contributed by atoms with Gasteiger partial charge >= 0.3 is 0 Å². The van der Waals surface area contributed by atoms with Crippen molar-refractivity contribution in [1.29, 1.82) is 5.41 Å². The molecule has 2 aliphatic heterocycles. The fourth-order valence-corrected chi connectivity index (χ4v) is 3.78. The predicted molar refractivity (Wildman–Crippen MR) is 110 cm³/mol. The van der Waals surface area contributed by atoms with Crippen molar-refractivity contribution in [2.75, 3.05) is 26.7 Å². The summed E-state index contributed by atoms with van der Waals surface area (Å²) in [4.78, 5) is 26.1. The number of benzene rings is 1. The predicted octanol–water partition coefficient (Wildman–Crippen LogP) is 1.38. The molecule has 3 rings (SSSR count). The number of nitrogens with one attached hydrogen (secondary N) is 4. The minimum atomic E-state index is -1.85. The van der Waals surface area contributed by atoms with Gasteiger partial charge in [0.25, 0.3) is 11.8 Å². The normalized spacial score (nSPS) is 24.6. The standard InChI is InChI=1S/C20H25ClFN5O2/c1-20(22)7-14(26-19(20)29)9-27-10-15(16(11-27)24-2)17(23)18(28)25-8-12-3-5-13(21)6-4-12/h3-6,14,23-24H,7-11H2,1-2H3,(H,25,28)(H,26,29)/t14-,20?/m0/s1. The first-order valence-electron chi connectivity index (χ1n) is 9.43. The third-order valence-electron chi connectivity index (χ3n) is 5.24. The number of amides is 2. The van der Waals surface area contributed by atoms with Gasteiger partial charge in [0.2, 0.25) is 0 Å². The molecule has 0 spiro atoms. The second kappa shape index (κ2) is 8.51. The maximum Gasteiger partial charge on any atom is 0.269 e. The Balaban J connectivity index is 1.56. The Bertz CT molecular complexity index is 853. The molecule has 0 saturated carbocycles. The van der Waals surface area contributed by atoms with Crippen molar-refractivity contribution >= 4 is 29.1 Å². The summed E-state index contributed by atoms with van der Waals surface area (Å²) in [6.45, 7) is 2.94. The summed E-state index contributed by atoms with van der Waals surface area (Å²) in [6, 6.07) is 6.83. The first-order chi connectivity index (χ1) is 13.7. The van der Waals surface area contributed by atoms with Crippen LogP contribution in [0.5, 0.6) is 0 Å². The zero-order chi connectivity index (χ0) is 21.2. The SMILES string of the molecule is CNC1=C(C(=N)C(=O)NCc2ccc(Cl)cc2)CN(C[C@@H]2CC(C)(F)C(=O)N2)C1. The van der Waals surface area contributed by atoms with Crippen LogP contribution in [0.1, 0.15) is 18.9 Å². The van der Waals surface area contributed by atoms with Crippen molar-refractivity contribution < 1.29 is 14.0 Å². The zero-order valence-corrected chi connectivity index (χ0v) is 17.2. The van der Waals surface area contributed by atoms with E-state index in [1.165, 1.54) is 6.92 Å². The first kappa shape index (κ1) is 21.3. The number of likely N-dealkylation sites (N-methyl/N-ethyl adjacent to an activating group) is 1. The van der Waals surface area contributed by atoms with Crippen molar-refractivity contribution in [2.45, 2.75) is 31.6 Å². The molecule has 2 aliphatic rings. The highest BCUT2D eigenvalue weighted by Crippen LogP contribution is 2.26. The Morgan fingerprint density at radius 1 is 1.38 bits per heavy atom. The van der Waals surface area contributed by atoms with Crippen molar-refractivity contribution in [1.82, 2.24) is 20.9 Å². The van der Waals surface area contributed by atoms with Crippen LogP contribution in [0.3, 0.4) is 0 Å². The molecule has 2 atom stereocenters. The van der Waals surface area contributed by atoms with Gasteiger partial charge in [0.05, 0.1) is 0 Å². The van der Waals surface area contributed by atoms with Gasteiger partial charge in [-0.15, -0.1) is 0 Å². The molecule has 1 aromatic carbocycles. The number of nitrogens with zero attached hydrogens (tertiary/aromatic N) is 1. The molecule has 156 valence electrons. The van der Waals surface area contributed by atoms with Gasteiger partial charge in [0, 0.05) is 62.0 Å². The second-order valence-electron chi connectivity index (χ2n) is 7.63. The van der Waals surface area contributed by atoms with E-state index in [1.54, 1.807) is 19.2 Å². The minimum Gasteiger partial charge on any atom is -0.390 e. The number of rotatable bonds is 7. The van der Waals surface area contributed by atoms with Crippen molar-refractivity contribution in [3.8, 4) is 0 Å². The molecule has 0 radical (unpaired) electrons. The minimum absolute atomic E-state index is 0.100. The molecule has 1 fully saturated rings. The number of alkyl halides is 1. The van der Waals surface area contributed by atoms with Crippen LogP contribution in [0.25, 0.3) is 0 Å². The van der Waals surface area contributed by atoms with E-state index in [0.717, 1.165) is 11.3 Å². The lowest BCUT2D eigenvalue weighted by Gasteiger charge is -2.20. The highest BCUT2D eigenvalue weighted by molar-refractivity contribution is 6.44. The molecule has 7 nitrogen and oxygen atoms in total. The summed E-state index contributed by atoms with van der Waals surface area (Å²) in [5.41, 5.74) is 0.326. The quantitative estimate of drug-likeness (QED) is 0.500. The van der Waals surface area contributed by atoms with Gasteiger partial charge in [-0.1, -0.05) is 23.7 Å². The number of hydrogen-bond donors (Lipinski definition) is 4. The third kappa shape index (κ3) is 4.94. The van der Waals surface area contributed by atoms with E-state index < -0.39 is 17.5 Å². The van der Waals surface area contributed by atoms with Gasteiger partial charge in [-0.2, -0.15) is 0 Å². The third-order valence-corrected chi connectivity index (χ3v) is 5.49. The molecule has 0 aromatic heterocycles. The number of carbonyl (C=O) groups is 2. The summed E-state index contributed by atoms with van der Waals surface area (Å²) in [6.07, 6.45) is 0.117. The Hall–Kier alpha value is -2.45. The molecule has 9 heteroatoms. The summed E-state index contributed by atoms with van der Waals surface area (Å²) < 4.78 is 14.1. The van der Waals surface area contributed by atoms with Crippen molar-refractivity contribution in [3.05, 3.63) is 46.1 Å². The van der Waals surface area contributed by atoms with Crippen LogP contribution in [0, 0.1) is 5.41 Å². The van der Waals surface area contributed by atoms with E-state index in [1.807, 2.05) is 17.0 Å². The summed E-state index contributed by atoms with van der Waals surface area (Å²) in [7, 11) is 1.74. The van der Waals surface area contributed by atoms with E-state index in [4.69, 9.17) is 17.0 Å². The Kier molecular flexibility index (Phi) is 6.24. The van der Waals surface area contributed by atoms with Crippen LogP contribution in [-0.4, -0.2) is 60.8 Å². The molecule has 2 amide bonds. The topological polar surface area (TPSA) is 97.3 Å². The fourth-order valence-electron chi connectivity index (χ4n) is 3.66. The molecule has 1 aromatic rings. The highest BCUT2D eigenvalue weighted by atomic mass is 35.5. The van der Waals surface area contributed by atoms with Crippen molar-refractivity contribution in [3.63, 3.8) is 0 Å². The van der Waals surface area contributed by atoms with E-state index in [2.05, 4.69) is 16.0 Å². The van der Waals surface area contributed by atoms with Gasteiger partial charge in [0.1, 0.15) is 5.71 Å². The van der Waals surface area contributed by atoms with Crippen LogP contribution >= 0.6 is 11.6 Å². The molecule has 1 unspecified atom stereocenters. The van der Waals surface area contributed by atoms with Crippen LogP contribution < -0.4 is 16.0 Å². The maximum absolute atomic E-state index is 14.1. The summed E-state index contributed by atoms with van der Waals surface area (Å²) in [5, 5.41) is 17.4. The molecule has 2 heterocycles. The average molecular weight is 422 g/mol. The molecule has 1 saturated heterocycles. The molecular formula is C20H25ClFN5O2. The number of carbonyl (C=O) groups excluding carboxylic acids is 2. The number of hydrogen-bond acceptors (Lipinski definition) is 5. The lowest BCUT2D eigenvalue weighted by atomic mass is 10.0. The monoisotopic (exact) mass is 421 g/mol. The van der Waals surface area contributed by atoms with E-state index >= 15 is 0 Å². The van der Waals surface area contributed by atoms with Crippen molar-refractivity contribution in [2.24, 2.45) is 0 Å². The van der Waals surface area contributed by atoms with E-state index in [9.17, 15) is 14.0 Å². The van der Waals surface area contributed by atoms with Crippen LogP contribution in [0.15, 0.2) is 35.5 Å². The van der Waals surface area contributed by atoms with Crippen LogP contribution in [0.4, 0.5) is 4.39 Å². The Morgan fingerprint density at radius 3 is 2.66 bits per heavy atom. The number of halogens is 2. The zero-order valence-electron chi connectivity index (χ0n) is 16.4. The van der Waals surface area contributed by atoms with E-state index in [0.29, 0.717) is 36.8 Å². The Labute approximate surface area is 174 Å². The first-order valence-corrected chi connectivity index (χ1v) is 9.81. The van der Waals surface area contributed by atoms with Gasteiger partial charge in [0.15, 0.2) is 5.67 Å². The maximum atomic E-state index is 14.1. The summed E-state index contributed by atoms with van der Waals surface area (Å²) >= 11 is 5.86. The fraction of sp³-hybridized carbons (Fsp3) is 0.450. The second-order valence-corrected chi connectivity index (χ2v) is 8.07. The van der Waals surface area contributed by atoms with Gasteiger partial charge in [-0.25, -0.2) is 4.39 Å². The largest absolute Gasteiger partial charge is 0.390 e. The van der Waals surface area contributed by atoms with Gasteiger partial charge in [-0.3, -0.25) is 19.9 Å². The molecule has 0 bridgehead atoms. The molecule has 29 heavy (non-hydrogen) atoms. The van der Waals surface area contributed by atoms with Gasteiger partial charge < -0.3 is 16.0 Å². The molecule has 0 aliphatic carbocycles. The molecular weight excluding hydrogens is 397 g/mol. The lowest BCUT2D eigenvalue weighted by molar-refractivity contribution is -0.128. The van der Waals surface area contributed by atoms with Crippen LogP contribution in [-0.2, 0) is 16.1 Å². The van der Waals surface area contributed by atoms with Crippen LogP contribution in [0.2, 0.25) is 5.02 Å². The lowest BCUT2D eigenvalue weighted by Crippen LogP contribution is -2.39. The van der Waals surface area contributed by atoms with Gasteiger partial charge in [-0.05, 0) is 24.6 Å². The summed E-state index contributed by atoms with van der Waals surface area (Å²) in [5.74, 6) is -1.05. The van der Waals surface area contributed by atoms with E-state index in [-0.39, 0.29) is 18.2 Å². The Morgan fingerprint density at radius 2 is 2.07 bits per heavy atom. The smallest absolute Gasteiger partial charge is 0.269 e.